The summed E-state index contributed by atoms with van der Waals surface area (Å²) in [4.78, 5) is 9.79. The summed E-state index contributed by atoms with van der Waals surface area (Å²) >= 11 is 0. The Labute approximate surface area is 188 Å². The highest BCUT2D eigenvalue weighted by molar-refractivity contribution is 7.47. The van der Waals surface area contributed by atoms with Crippen molar-refractivity contribution in [2.45, 2.75) is 121 Å². The van der Waals surface area contributed by atoms with Gasteiger partial charge in [0.15, 0.2) is 0 Å². The number of phosphoric ester groups is 1. The van der Waals surface area contributed by atoms with Gasteiger partial charge in [-0.05, 0) is 13.3 Å². The van der Waals surface area contributed by atoms with Crippen molar-refractivity contribution in [1.29, 1.82) is 0 Å². The fourth-order valence-electron chi connectivity index (χ4n) is 3.34. The fourth-order valence-corrected chi connectivity index (χ4v) is 4.42. The van der Waals surface area contributed by atoms with E-state index in [1.807, 2.05) is 0 Å². The summed E-state index contributed by atoms with van der Waals surface area (Å²) in [5, 5.41) is 29.6. The van der Waals surface area contributed by atoms with E-state index >= 15 is 0 Å². The van der Waals surface area contributed by atoms with Crippen LogP contribution in [0.4, 0.5) is 0 Å². The lowest BCUT2D eigenvalue weighted by molar-refractivity contribution is -0.346. The average Bonchev–Trinajstić information content (AvgIpc) is 2.68. The van der Waals surface area contributed by atoms with Crippen LogP contribution in [-0.2, 0) is 13.6 Å². The number of rotatable bonds is 21. The Hall–Kier alpha value is -0.0900. The van der Waals surface area contributed by atoms with Crippen molar-refractivity contribution in [2.75, 3.05) is 13.2 Å². The molecule has 0 saturated heterocycles. The zero-order valence-electron chi connectivity index (χ0n) is 19.5. The van der Waals surface area contributed by atoms with E-state index in [4.69, 9.17) is 16.0 Å². The number of hydrogen-bond donors (Lipinski definition) is 6. The van der Waals surface area contributed by atoms with E-state index in [1.54, 1.807) is 0 Å². The predicted molar refractivity (Wildman–Crippen MR) is 122 cm³/mol. The standard InChI is InChI=1S/C21H47N2O7P/c1-3-4-5-6-7-8-9-10-11-12-13-14-15-16-17-29-31(27,28)30-21(26,19(23)18-22)20(2,24)25/h19,24-26H,3-18,22-23H2,1-2H3,(H,27,28). The third-order valence-electron chi connectivity index (χ3n) is 5.44. The molecule has 0 aliphatic rings. The van der Waals surface area contributed by atoms with E-state index in [-0.39, 0.29) is 6.61 Å². The second kappa shape index (κ2) is 16.5. The van der Waals surface area contributed by atoms with Gasteiger partial charge in [-0.3, -0.25) is 4.52 Å². The van der Waals surface area contributed by atoms with Gasteiger partial charge in [0.1, 0.15) is 0 Å². The topological polar surface area (TPSA) is 168 Å². The maximum Gasteiger partial charge on any atom is 0.474 e. The van der Waals surface area contributed by atoms with Crippen LogP contribution in [0.25, 0.3) is 0 Å². The zero-order chi connectivity index (χ0) is 23.8. The molecule has 9 nitrogen and oxygen atoms in total. The quantitative estimate of drug-likeness (QED) is 0.0837. The molecule has 0 aromatic heterocycles. The van der Waals surface area contributed by atoms with Crippen molar-refractivity contribution in [1.82, 2.24) is 0 Å². The van der Waals surface area contributed by atoms with Crippen LogP contribution in [0.15, 0.2) is 0 Å². The van der Waals surface area contributed by atoms with Crippen molar-refractivity contribution in [2.24, 2.45) is 11.5 Å². The molecule has 3 unspecified atom stereocenters. The maximum absolute atomic E-state index is 12.1. The molecule has 0 saturated carbocycles. The minimum absolute atomic E-state index is 0.0622. The van der Waals surface area contributed by atoms with Gasteiger partial charge in [0.05, 0.1) is 12.6 Å². The van der Waals surface area contributed by atoms with Crippen molar-refractivity contribution in [3.8, 4) is 0 Å². The molecule has 0 amide bonds. The monoisotopic (exact) mass is 470 g/mol. The summed E-state index contributed by atoms with van der Waals surface area (Å²) in [6.45, 7) is 2.54. The summed E-state index contributed by atoms with van der Waals surface area (Å²) in [5.41, 5.74) is 10.8. The second-order valence-corrected chi connectivity index (χ2v) is 9.93. The Morgan fingerprint density at radius 1 is 0.839 bits per heavy atom. The van der Waals surface area contributed by atoms with Gasteiger partial charge in [0.2, 0.25) is 11.6 Å². The third kappa shape index (κ3) is 13.9. The summed E-state index contributed by atoms with van der Waals surface area (Å²) in [7, 11) is -4.77. The van der Waals surface area contributed by atoms with Gasteiger partial charge in [-0.1, -0.05) is 90.4 Å². The van der Waals surface area contributed by atoms with Crippen molar-refractivity contribution in [3.63, 3.8) is 0 Å². The molecule has 0 aliphatic carbocycles. The van der Waals surface area contributed by atoms with Crippen LogP contribution in [0.2, 0.25) is 0 Å². The number of hydrogen-bond acceptors (Lipinski definition) is 8. The first-order valence-electron chi connectivity index (χ1n) is 11.8. The molecular weight excluding hydrogens is 423 g/mol. The van der Waals surface area contributed by atoms with Gasteiger partial charge in [0, 0.05) is 6.54 Å². The Balaban J connectivity index is 3.85. The lowest BCUT2D eigenvalue weighted by Gasteiger charge is -2.40. The van der Waals surface area contributed by atoms with Crippen LogP contribution in [0.5, 0.6) is 0 Å². The van der Waals surface area contributed by atoms with E-state index in [0.717, 1.165) is 26.2 Å². The molecule has 0 bridgehead atoms. The van der Waals surface area contributed by atoms with Crippen LogP contribution in [0.3, 0.4) is 0 Å². The Morgan fingerprint density at radius 3 is 1.58 bits per heavy atom. The maximum atomic E-state index is 12.1. The Morgan fingerprint density at radius 2 is 1.23 bits per heavy atom. The SMILES string of the molecule is CCCCCCCCCCCCCCCCOP(=O)(O)OC(O)(C(N)CN)C(C)(O)O. The predicted octanol–water partition coefficient (Wildman–Crippen LogP) is 3.28. The van der Waals surface area contributed by atoms with Crippen LogP contribution in [0, 0.1) is 0 Å². The smallest absolute Gasteiger partial charge is 0.362 e. The summed E-state index contributed by atoms with van der Waals surface area (Å²) in [6, 6.07) is -1.52. The molecule has 0 fully saturated rings. The summed E-state index contributed by atoms with van der Waals surface area (Å²) in [5.74, 6) is -5.87. The fraction of sp³-hybridized carbons (Fsp3) is 1.00. The molecule has 0 rings (SSSR count). The van der Waals surface area contributed by atoms with Crippen LogP contribution >= 0.6 is 7.82 Å². The van der Waals surface area contributed by atoms with E-state index in [2.05, 4.69) is 11.4 Å². The number of unbranched alkanes of at least 4 members (excludes halogenated alkanes) is 13. The molecular formula is C21H47N2O7P. The Bertz CT molecular complexity index is 491. The number of aliphatic hydroxyl groups is 3. The summed E-state index contributed by atoms with van der Waals surface area (Å²) < 4.78 is 21.5. The molecule has 0 aromatic rings. The summed E-state index contributed by atoms with van der Waals surface area (Å²) in [6.07, 6.45) is 16.6. The Kier molecular flexibility index (Phi) is 16.5. The molecule has 31 heavy (non-hydrogen) atoms. The molecule has 0 spiro atoms. The van der Waals surface area contributed by atoms with Gasteiger partial charge in [-0.15, -0.1) is 0 Å². The van der Waals surface area contributed by atoms with Crippen LogP contribution in [0.1, 0.15) is 104 Å². The largest absolute Gasteiger partial charge is 0.474 e. The molecule has 0 radical (unpaired) electrons. The lowest BCUT2D eigenvalue weighted by Crippen LogP contribution is -2.66. The van der Waals surface area contributed by atoms with Crippen molar-refractivity contribution in [3.05, 3.63) is 0 Å². The van der Waals surface area contributed by atoms with Crippen LogP contribution in [-0.4, -0.2) is 51.0 Å². The molecule has 0 aromatic carbocycles. The molecule has 10 heteroatoms. The van der Waals surface area contributed by atoms with Gasteiger partial charge in [0.25, 0.3) is 0 Å². The minimum Gasteiger partial charge on any atom is -0.362 e. The van der Waals surface area contributed by atoms with E-state index in [9.17, 15) is 24.8 Å². The number of nitrogens with two attached hydrogens (primary N) is 2. The molecule has 8 N–H and O–H groups in total. The van der Waals surface area contributed by atoms with E-state index in [1.165, 1.54) is 64.2 Å². The highest BCUT2D eigenvalue weighted by atomic mass is 31.2. The van der Waals surface area contributed by atoms with E-state index < -0.39 is 32.0 Å². The molecule has 188 valence electrons. The third-order valence-corrected chi connectivity index (χ3v) is 6.46. The van der Waals surface area contributed by atoms with Crippen molar-refractivity contribution < 1.29 is 33.8 Å². The first-order chi connectivity index (χ1) is 14.5. The van der Waals surface area contributed by atoms with Gasteiger partial charge in [-0.2, -0.15) is 0 Å². The van der Waals surface area contributed by atoms with Gasteiger partial charge in [-0.25, -0.2) is 9.09 Å². The normalized spacial score (nSPS) is 17.3. The number of phosphoric acid groups is 1. The molecule has 0 aliphatic heterocycles. The minimum atomic E-state index is -4.77. The average molecular weight is 471 g/mol. The molecule has 0 heterocycles. The van der Waals surface area contributed by atoms with Crippen molar-refractivity contribution >= 4 is 7.82 Å². The highest BCUT2D eigenvalue weighted by Gasteiger charge is 2.55. The highest BCUT2D eigenvalue weighted by Crippen LogP contribution is 2.49. The first-order valence-corrected chi connectivity index (χ1v) is 13.3. The second-order valence-electron chi connectivity index (χ2n) is 8.55. The zero-order valence-corrected chi connectivity index (χ0v) is 20.4. The van der Waals surface area contributed by atoms with Crippen LogP contribution < -0.4 is 11.5 Å². The first kappa shape index (κ1) is 30.9. The van der Waals surface area contributed by atoms with Gasteiger partial charge >= 0.3 is 7.82 Å². The molecule has 3 atom stereocenters. The van der Waals surface area contributed by atoms with Gasteiger partial charge < -0.3 is 31.7 Å². The van der Waals surface area contributed by atoms with E-state index in [0.29, 0.717) is 6.42 Å². The lowest BCUT2D eigenvalue weighted by atomic mass is 10.00.